The summed E-state index contributed by atoms with van der Waals surface area (Å²) in [4.78, 5) is 29.4. The molecule has 33 heavy (non-hydrogen) atoms. The Morgan fingerprint density at radius 1 is 1.15 bits per heavy atom. The molecule has 0 bridgehead atoms. The molecule has 170 valence electrons. The zero-order valence-electron chi connectivity index (χ0n) is 18.0. The number of unbranched alkanes of at least 4 members (excludes halogenated alkanes) is 2. The molecule has 5 heterocycles. The number of fused-ring (bicyclic) bond motifs is 2. The van der Waals surface area contributed by atoms with Crippen LogP contribution in [-0.2, 0) is 25.8 Å². The van der Waals surface area contributed by atoms with Gasteiger partial charge in [0.2, 0.25) is 11.7 Å². The van der Waals surface area contributed by atoms with Crippen molar-refractivity contribution in [3.05, 3.63) is 62.7 Å². The number of rotatable bonds is 9. The normalized spacial score (nSPS) is 11.7. The summed E-state index contributed by atoms with van der Waals surface area (Å²) >= 11 is 3.35. The third-order valence-electron chi connectivity index (χ3n) is 5.41. The van der Waals surface area contributed by atoms with Gasteiger partial charge in [0, 0.05) is 31.3 Å². The molecule has 12 heteroatoms. The van der Waals surface area contributed by atoms with Gasteiger partial charge in [-0.1, -0.05) is 31.0 Å². The number of aromatic amines is 1. The second-order valence-electron chi connectivity index (χ2n) is 7.74. The summed E-state index contributed by atoms with van der Waals surface area (Å²) in [6.45, 7) is 2.85. The number of hydrogen-bond acceptors (Lipinski definition) is 8. The van der Waals surface area contributed by atoms with E-state index in [1.807, 2.05) is 22.8 Å². The summed E-state index contributed by atoms with van der Waals surface area (Å²) in [5.41, 5.74) is 1.63. The molecule has 0 saturated carbocycles. The summed E-state index contributed by atoms with van der Waals surface area (Å²) in [5, 5.41) is 12.7. The number of aryl methyl sites for hydroxylation is 3. The van der Waals surface area contributed by atoms with E-state index in [1.165, 1.54) is 0 Å². The number of pyridine rings is 1. The molecule has 0 aliphatic rings. The van der Waals surface area contributed by atoms with Gasteiger partial charge in [0.05, 0.1) is 6.42 Å². The van der Waals surface area contributed by atoms with Crippen LogP contribution in [0.3, 0.4) is 0 Å². The van der Waals surface area contributed by atoms with Crippen molar-refractivity contribution in [3.63, 3.8) is 0 Å². The van der Waals surface area contributed by atoms with Crippen LogP contribution in [0.15, 0.2) is 38.4 Å². The SMILES string of the molecule is CCCCCn1c2nc(Br)[nH]c2c(=O)n2c(CCc3nc(Cc4ccccn4)no3)nnc12. The molecule has 5 aromatic rings. The molecule has 0 atom stereocenters. The van der Waals surface area contributed by atoms with Crippen molar-refractivity contribution in [3.8, 4) is 0 Å². The van der Waals surface area contributed by atoms with E-state index in [1.54, 1.807) is 10.6 Å². The zero-order valence-corrected chi connectivity index (χ0v) is 19.6. The molecule has 0 fully saturated rings. The van der Waals surface area contributed by atoms with Crippen molar-refractivity contribution < 1.29 is 4.52 Å². The highest BCUT2D eigenvalue weighted by Crippen LogP contribution is 2.17. The predicted octanol–water partition coefficient (Wildman–Crippen LogP) is 2.87. The Balaban J connectivity index is 1.42. The summed E-state index contributed by atoms with van der Waals surface area (Å²) < 4.78 is 9.39. The maximum Gasteiger partial charge on any atom is 0.286 e. The summed E-state index contributed by atoms with van der Waals surface area (Å²) in [5.74, 6) is 2.07. The molecular weight excluding hydrogens is 490 g/mol. The topological polar surface area (TPSA) is 133 Å². The van der Waals surface area contributed by atoms with Crippen LogP contribution in [0, 0.1) is 0 Å². The highest BCUT2D eigenvalue weighted by atomic mass is 79.9. The van der Waals surface area contributed by atoms with E-state index in [-0.39, 0.29) is 5.56 Å². The van der Waals surface area contributed by atoms with Gasteiger partial charge in [0.1, 0.15) is 5.82 Å². The Kier molecular flexibility index (Phi) is 5.99. The highest BCUT2D eigenvalue weighted by molar-refractivity contribution is 9.10. The molecule has 0 saturated heterocycles. The summed E-state index contributed by atoms with van der Waals surface area (Å²) in [7, 11) is 0. The van der Waals surface area contributed by atoms with E-state index in [4.69, 9.17) is 4.52 Å². The second-order valence-corrected chi connectivity index (χ2v) is 8.50. The average molecular weight is 512 g/mol. The molecule has 11 nitrogen and oxygen atoms in total. The first-order valence-corrected chi connectivity index (χ1v) is 11.7. The van der Waals surface area contributed by atoms with Gasteiger partial charge in [-0.15, -0.1) is 10.2 Å². The fraction of sp³-hybridized carbons (Fsp3) is 0.381. The number of aromatic nitrogens is 9. The molecule has 0 radical (unpaired) electrons. The maximum atomic E-state index is 13.2. The minimum Gasteiger partial charge on any atom is -0.339 e. The molecule has 0 spiro atoms. The number of halogens is 1. The monoisotopic (exact) mass is 511 g/mol. The van der Waals surface area contributed by atoms with Gasteiger partial charge in [-0.2, -0.15) is 4.98 Å². The molecule has 0 unspecified atom stereocenters. The molecule has 1 N–H and O–H groups in total. The quantitative estimate of drug-likeness (QED) is 0.236. The lowest BCUT2D eigenvalue weighted by Crippen LogP contribution is -2.21. The van der Waals surface area contributed by atoms with Gasteiger partial charge in [-0.05, 0) is 34.5 Å². The third-order valence-corrected chi connectivity index (χ3v) is 5.78. The second kappa shape index (κ2) is 9.22. The van der Waals surface area contributed by atoms with Crippen molar-refractivity contribution in [2.45, 2.75) is 52.0 Å². The Bertz CT molecular complexity index is 1450. The minimum absolute atomic E-state index is 0.230. The fourth-order valence-corrected chi connectivity index (χ4v) is 4.18. The molecule has 0 aromatic carbocycles. The van der Waals surface area contributed by atoms with E-state index in [2.05, 4.69) is 58.1 Å². The van der Waals surface area contributed by atoms with Crippen LogP contribution < -0.4 is 5.56 Å². The lowest BCUT2D eigenvalue weighted by atomic mass is 10.2. The molecule has 0 amide bonds. The van der Waals surface area contributed by atoms with Crippen molar-refractivity contribution in [2.24, 2.45) is 0 Å². The largest absolute Gasteiger partial charge is 0.339 e. The van der Waals surface area contributed by atoms with Crippen LogP contribution >= 0.6 is 15.9 Å². The number of H-pyrrole nitrogens is 1. The maximum absolute atomic E-state index is 13.2. The van der Waals surface area contributed by atoms with Crippen molar-refractivity contribution in [2.75, 3.05) is 0 Å². The van der Waals surface area contributed by atoms with E-state index >= 15 is 0 Å². The smallest absolute Gasteiger partial charge is 0.286 e. The van der Waals surface area contributed by atoms with Crippen LogP contribution in [0.25, 0.3) is 16.9 Å². The summed E-state index contributed by atoms with van der Waals surface area (Å²) in [6, 6.07) is 5.70. The van der Waals surface area contributed by atoms with Gasteiger partial charge in [0.25, 0.3) is 5.56 Å². The first-order valence-electron chi connectivity index (χ1n) is 10.9. The van der Waals surface area contributed by atoms with E-state index in [9.17, 15) is 4.79 Å². The minimum atomic E-state index is -0.230. The highest BCUT2D eigenvalue weighted by Gasteiger charge is 2.20. The average Bonchev–Trinajstić information content (AvgIpc) is 3.54. The third kappa shape index (κ3) is 4.30. The lowest BCUT2D eigenvalue weighted by Gasteiger charge is -2.09. The van der Waals surface area contributed by atoms with Gasteiger partial charge in [0.15, 0.2) is 21.7 Å². The van der Waals surface area contributed by atoms with Gasteiger partial charge >= 0.3 is 0 Å². The fourth-order valence-electron chi connectivity index (χ4n) is 3.81. The van der Waals surface area contributed by atoms with E-state index < -0.39 is 0 Å². The van der Waals surface area contributed by atoms with Crippen LogP contribution in [0.5, 0.6) is 0 Å². The van der Waals surface area contributed by atoms with Crippen molar-refractivity contribution in [1.29, 1.82) is 0 Å². The molecular formula is C21H22BrN9O2. The first-order chi connectivity index (χ1) is 16.1. The standard InChI is InChI=1S/C21H22BrN9O2/c1-2-3-6-11-30-18-17(25-20(22)26-18)19(32)31-15(27-28-21(30)31)8-9-16-24-14(29-33-16)12-13-7-4-5-10-23-13/h4-5,7,10H,2-3,6,8-9,11-12H2,1H3,(H,25,26). The summed E-state index contributed by atoms with van der Waals surface area (Å²) in [6.07, 6.45) is 6.22. The first kappa shape index (κ1) is 21.4. The van der Waals surface area contributed by atoms with E-state index in [0.717, 1.165) is 25.0 Å². The van der Waals surface area contributed by atoms with Gasteiger partial charge in [-0.25, -0.2) is 9.38 Å². The molecule has 5 rings (SSSR count). The Morgan fingerprint density at radius 3 is 2.88 bits per heavy atom. The lowest BCUT2D eigenvalue weighted by molar-refractivity contribution is 0.372. The van der Waals surface area contributed by atoms with Gasteiger partial charge < -0.3 is 9.51 Å². The number of imidazole rings is 1. The van der Waals surface area contributed by atoms with Crippen molar-refractivity contribution >= 4 is 32.9 Å². The Hall–Kier alpha value is -3.41. The van der Waals surface area contributed by atoms with Crippen LogP contribution in [-0.4, -0.2) is 44.3 Å². The predicted molar refractivity (Wildman–Crippen MR) is 123 cm³/mol. The zero-order chi connectivity index (χ0) is 22.8. The van der Waals surface area contributed by atoms with Crippen LogP contribution in [0.4, 0.5) is 0 Å². The Morgan fingerprint density at radius 2 is 2.06 bits per heavy atom. The number of hydrogen-bond donors (Lipinski definition) is 1. The molecule has 5 aromatic heterocycles. The number of nitrogens with zero attached hydrogens (tertiary/aromatic N) is 8. The Labute approximate surface area is 196 Å². The number of nitrogens with one attached hydrogen (secondary N) is 1. The van der Waals surface area contributed by atoms with Gasteiger partial charge in [-0.3, -0.25) is 14.3 Å². The van der Waals surface area contributed by atoms with E-state index in [0.29, 0.717) is 65.0 Å². The molecule has 0 aliphatic carbocycles. The molecule has 0 aliphatic heterocycles. The van der Waals surface area contributed by atoms with Crippen LogP contribution in [0.1, 0.15) is 49.4 Å². The van der Waals surface area contributed by atoms with Crippen molar-refractivity contribution in [1.82, 2.24) is 44.3 Å². The van der Waals surface area contributed by atoms with Crippen LogP contribution in [0.2, 0.25) is 0 Å².